The Morgan fingerprint density at radius 1 is 1.19 bits per heavy atom. The fraction of sp³-hybridized carbons (Fsp3) is 0.125. The van der Waals surface area contributed by atoms with Crippen molar-refractivity contribution in [3.05, 3.63) is 69.7 Å². The van der Waals surface area contributed by atoms with Crippen molar-refractivity contribution in [1.82, 2.24) is 14.7 Å². The molecule has 0 aliphatic carbocycles. The summed E-state index contributed by atoms with van der Waals surface area (Å²) in [5.74, 6) is -0.0382. The molecule has 1 amide bonds. The van der Waals surface area contributed by atoms with Gasteiger partial charge in [0.15, 0.2) is 0 Å². The maximum Gasteiger partial charge on any atom is 0.252 e. The van der Waals surface area contributed by atoms with E-state index in [-0.39, 0.29) is 5.91 Å². The fourth-order valence-electron chi connectivity index (χ4n) is 2.15. The van der Waals surface area contributed by atoms with Gasteiger partial charge in [-0.15, -0.1) is 0 Å². The molecule has 0 saturated carbocycles. The average molecular weight is 391 g/mol. The second-order valence-electron chi connectivity index (χ2n) is 4.68. The Balaban J connectivity index is 1.61. The molecule has 0 aliphatic heterocycles. The number of benzene rings is 1. The lowest BCUT2D eigenvalue weighted by Gasteiger charge is -2.05. The number of halogens is 1. The van der Waals surface area contributed by atoms with Gasteiger partial charge in [-0.3, -0.25) is 4.79 Å². The standard InChI is InChI=1S/C16H14IN3O/c17-14-6-2-1-5-13(14)16(21)18-9-8-12-11-20-10-4-3-7-15(20)19-12/h1-7,10-11H,8-9H2,(H,18,21). The van der Waals surface area contributed by atoms with Gasteiger partial charge in [0, 0.05) is 28.9 Å². The van der Waals surface area contributed by atoms with Gasteiger partial charge in [-0.25, -0.2) is 4.98 Å². The molecule has 0 unspecified atom stereocenters. The van der Waals surface area contributed by atoms with Gasteiger partial charge in [0.2, 0.25) is 0 Å². The molecule has 0 saturated heterocycles. The number of carbonyl (C=O) groups is 1. The number of carbonyl (C=O) groups excluding carboxylic acids is 1. The first-order valence-corrected chi connectivity index (χ1v) is 7.77. The Kier molecular flexibility index (Phi) is 4.19. The highest BCUT2D eigenvalue weighted by molar-refractivity contribution is 14.1. The van der Waals surface area contributed by atoms with E-state index in [9.17, 15) is 4.79 Å². The summed E-state index contributed by atoms with van der Waals surface area (Å²) in [5, 5.41) is 2.94. The summed E-state index contributed by atoms with van der Waals surface area (Å²) in [7, 11) is 0. The Bertz CT molecular complexity index is 749. The molecule has 0 radical (unpaired) electrons. The van der Waals surface area contributed by atoms with Crippen molar-refractivity contribution in [1.29, 1.82) is 0 Å². The van der Waals surface area contributed by atoms with Crippen LogP contribution >= 0.6 is 22.6 Å². The van der Waals surface area contributed by atoms with Crippen LogP contribution in [0.4, 0.5) is 0 Å². The van der Waals surface area contributed by atoms with Crippen LogP contribution in [-0.2, 0) is 6.42 Å². The van der Waals surface area contributed by atoms with Gasteiger partial charge in [0.05, 0.1) is 11.3 Å². The summed E-state index contributed by atoms with van der Waals surface area (Å²) in [5.41, 5.74) is 2.62. The minimum absolute atomic E-state index is 0.0382. The minimum atomic E-state index is -0.0382. The fourth-order valence-corrected chi connectivity index (χ4v) is 2.78. The molecule has 4 nitrogen and oxygen atoms in total. The second kappa shape index (κ2) is 6.26. The average Bonchev–Trinajstić information content (AvgIpc) is 2.90. The summed E-state index contributed by atoms with van der Waals surface area (Å²) >= 11 is 2.17. The monoisotopic (exact) mass is 391 g/mol. The first-order chi connectivity index (χ1) is 10.2. The predicted octanol–water partition coefficient (Wildman–Crippen LogP) is 2.91. The van der Waals surface area contributed by atoms with E-state index in [0.717, 1.165) is 21.3 Å². The molecule has 0 spiro atoms. The van der Waals surface area contributed by atoms with Crippen LogP contribution in [0.2, 0.25) is 0 Å². The van der Waals surface area contributed by atoms with E-state index in [1.807, 2.05) is 59.3 Å². The summed E-state index contributed by atoms with van der Waals surface area (Å²) in [6.07, 6.45) is 4.68. The third-order valence-electron chi connectivity index (χ3n) is 3.20. The van der Waals surface area contributed by atoms with Crippen LogP contribution in [0.5, 0.6) is 0 Å². The first kappa shape index (κ1) is 14.1. The van der Waals surface area contributed by atoms with E-state index < -0.39 is 0 Å². The van der Waals surface area contributed by atoms with Gasteiger partial charge in [-0.05, 0) is 46.9 Å². The first-order valence-electron chi connectivity index (χ1n) is 6.69. The second-order valence-corrected chi connectivity index (χ2v) is 5.85. The van der Waals surface area contributed by atoms with Gasteiger partial charge in [-0.1, -0.05) is 18.2 Å². The summed E-state index contributed by atoms with van der Waals surface area (Å²) < 4.78 is 2.94. The van der Waals surface area contributed by atoms with Crippen molar-refractivity contribution in [3.63, 3.8) is 0 Å². The molecule has 0 fully saturated rings. The van der Waals surface area contributed by atoms with Gasteiger partial charge >= 0.3 is 0 Å². The molecule has 21 heavy (non-hydrogen) atoms. The lowest BCUT2D eigenvalue weighted by atomic mass is 10.2. The smallest absolute Gasteiger partial charge is 0.252 e. The SMILES string of the molecule is O=C(NCCc1cn2ccccc2n1)c1ccccc1I. The topological polar surface area (TPSA) is 46.4 Å². The van der Waals surface area contributed by atoms with E-state index in [1.54, 1.807) is 0 Å². The predicted molar refractivity (Wildman–Crippen MR) is 90.4 cm³/mol. The van der Waals surface area contributed by atoms with Crippen molar-refractivity contribution in [3.8, 4) is 0 Å². The van der Waals surface area contributed by atoms with Crippen molar-refractivity contribution < 1.29 is 4.79 Å². The molecule has 0 bridgehead atoms. The van der Waals surface area contributed by atoms with Crippen LogP contribution in [0.1, 0.15) is 16.1 Å². The zero-order chi connectivity index (χ0) is 14.7. The molecule has 3 aromatic rings. The number of nitrogens with one attached hydrogen (secondary N) is 1. The number of nitrogens with zero attached hydrogens (tertiary/aromatic N) is 2. The number of rotatable bonds is 4. The summed E-state index contributed by atoms with van der Waals surface area (Å²) in [4.78, 5) is 16.6. The molecule has 1 N–H and O–H groups in total. The normalized spacial score (nSPS) is 10.7. The largest absolute Gasteiger partial charge is 0.352 e. The van der Waals surface area contributed by atoms with Crippen molar-refractivity contribution in [2.45, 2.75) is 6.42 Å². The van der Waals surface area contributed by atoms with Crippen LogP contribution in [0.15, 0.2) is 54.9 Å². The number of amides is 1. The zero-order valence-corrected chi connectivity index (χ0v) is 13.4. The number of fused-ring (bicyclic) bond motifs is 1. The van der Waals surface area contributed by atoms with Gasteiger partial charge in [-0.2, -0.15) is 0 Å². The summed E-state index contributed by atoms with van der Waals surface area (Å²) in [6, 6.07) is 13.5. The summed E-state index contributed by atoms with van der Waals surface area (Å²) in [6.45, 7) is 0.577. The number of imidazole rings is 1. The third-order valence-corrected chi connectivity index (χ3v) is 4.14. The number of aromatic nitrogens is 2. The van der Waals surface area contributed by atoms with Crippen LogP contribution in [0.3, 0.4) is 0 Å². The number of pyridine rings is 1. The van der Waals surface area contributed by atoms with Gasteiger partial charge < -0.3 is 9.72 Å². The van der Waals surface area contributed by atoms with Gasteiger partial charge in [0.1, 0.15) is 5.65 Å². The van der Waals surface area contributed by atoms with Crippen LogP contribution in [0, 0.1) is 3.57 Å². The van der Waals surface area contributed by atoms with Crippen LogP contribution in [0.25, 0.3) is 5.65 Å². The zero-order valence-electron chi connectivity index (χ0n) is 11.3. The van der Waals surface area contributed by atoms with E-state index >= 15 is 0 Å². The van der Waals surface area contributed by atoms with Gasteiger partial charge in [0.25, 0.3) is 5.91 Å². The highest BCUT2D eigenvalue weighted by atomic mass is 127. The Hall–Kier alpha value is -1.89. The molecule has 2 heterocycles. The Morgan fingerprint density at radius 2 is 2.00 bits per heavy atom. The van der Waals surface area contributed by atoms with E-state index in [1.165, 1.54) is 0 Å². The molecule has 0 atom stereocenters. The third kappa shape index (κ3) is 3.24. The highest BCUT2D eigenvalue weighted by Gasteiger charge is 2.08. The molecule has 3 rings (SSSR count). The molecule has 0 aliphatic rings. The molecular formula is C16H14IN3O. The minimum Gasteiger partial charge on any atom is -0.352 e. The quantitative estimate of drug-likeness (QED) is 0.696. The molecular weight excluding hydrogens is 377 g/mol. The lowest BCUT2D eigenvalue weighted by Crippen LogP contribution is -2.26. The van der Waals surface area contributed by atoms with E-state index in [2.05, 4.69) is 32.9 Å². The number of hydrogen-bond acceptors (Lipinski definition) is 2. The van der Waals surface area contributed by atoms with Crippen LogP contribution in [-0.4, -0.2) is 21.8 Å². The van der Waals surface area contributed by atoms with E-state index in [0.29, 0.717) is 12.1 Å². The van der Waals surface area contributed by atoms with Crippen molar-refractivity contribution in [2.24, 2.45) is 0 Å². The molecule has 5 heteroatoms. The molecule has 2 aromatic heterocycles. The maximum absolute atomic E-state index is 12.1. The molecule has 1 aromatic carbocycles. The van der Waals surface area contributed by atoms with Crippen molar-refractivity contribution >= 4 is 34.1 Å². The maximum atomic E-state index is 12.1. The Morgan fingerprint density at radius 3 is 2.81 bits per heavy atom. The lowest BCUT2D eigenvalue weighted by molar-refractivity contribution is 0.0953. The molecule has 106 valence electrons. The van der Waals surface area contributed by atoms with Crippen LogP contribution < -0.4 is 5.32 Å². The number of hydrogen-bond donors (Lipinski definition) is 1. The highest BCUT2D eigenvalue weighted by Crippen LogP contribution is 2.11. The Labute approximate surface area is 136 Å². The van der Waals surface area contributed by atoms with Crippen molar-refractivity contribution in [2.75, 3.05) is 6.54 Å². The van der Waals surface area contributed by atoms with E-state index in [4.69, 9.17) is 0 Å².